The van der Waals surface area contributed by atoms with Gasteiger partial charge < -0.3 is 24.4 Å². The summed E-state index contributed by atoms with van der Waals surface area (Å²) in [5, 5.41) is 3.07. The fraction of sp³-hybridized carbons (Fsp3) is 0.440. The Labute approximate surface area is 189 Å². The normalized spacial score (nSPS) is 17.7. The lowest BCUT2D eigenvalue weighted by atomic mass is 9.79. The van der Waals surface area contributed by atoms with Gasteiger partial charge in [-0.2, -0.15) is 0 Å². The van der Waals surface area contributed by atoms with Crippen molar-refractivity contribution in [2.75, 3.05) is 34.9 Å². The van der Waals surface area contributed by atoms with E-state index >= 15 is 0 Å². The second kappa shape index (κ2) is 9.94. The standard InChI is InChI=1S/C25H32N2O5/c1-15(2)11-12-26-24(28)22-18-13-20(31-5)21(32-6)14-19(18)25(29)27(3)23(22)16-7-9-17(30-4)10-8-16/h7-10,13-15,22-23H,11-12H2,1-6H3,(H,26,28)/t22-,23+/m1/s1. The van der Waals surface area contributed by atoms with E-state index in [1.807, 2.05) is 24.3 Å². The number of ether oxygens (including phenoxy) is 3. The second-order valence-corrected chi connectivity index (χ2v) is 8.38. The Kier molecular flexibility index (Phi) is 7.28. The molecule has 2 aromatic rings. The molecule has 0 bridgehead atoms. The van der Waals surface area contributed by atoms with Crippen LogP contribution in [0.4, 0.5) is 0 Å². The molecule has 0 unspecified atom stereocenters. The van der Waals surface area contributed by atoms with Crippen molar-refractivity contribution in [2.45, 2.75) is 32.2 Å². The summed E-state index contributed by atoms with van der Waals surface area (Å²) in [6.45, 7) is 4.81. The number of nitrogens with zero attached hydrogens (tertiary/aromatic N) is 1. The third-order valence-electron chi connectivity index (χ3n) is 5.94. The minimum absolute atomic E-state index is 0.126. The Balaban J connectivity index is 2.12. The largest absolute Gasteiger partial charge is 0.497 e. The number of benzene rings is 2. The number of carbonyl (C=O) groups is 2. The molecule has 0 fully saturated rings. The van der Waals surface area contributed by atoms with E-state index in [2.05, 4.69) is 19.2 Å². The van der Waals surface area contributed by atoms with Crippen LogP contribution in [0, 0.1) is 5.92 Å². The zero-order valence-electron chi connectivity index (χ0n) is 19.6. The highest BCUT2D eigenvalue weighted by Gasteiger charge is 2.43. The van der Waals surface area contributed by atoms with Crippen LogP contribution in [0.1, 0.15) is 53.7 Å². The van der Waals surface area contributed by atoms with Crippen molar-refractivity contribution in [1.82, 2.24) is 10.2 Å². The summed E-state index contributed by atoms with van der Waals surface area (Å²) >= 11 is 0. The molecule has 0 saturated carbocycles. The zero-order valence-corrected chi connectivity index (χ0v) is 19.6. The van der Waals surface area contributed by atoms with Crippen LogP contribution in [0.2, 0.25) is 0 Å². The van der Waals surface area contributed by atoms with E-state index in [0.29, 0.717) is 40.8 Å². The Bertz CT molecular complexity index is 971. The molecule has 172 valence electrons. The van der Waals surface area contributed by atoms with Crippen LogP contribution in [0.3, 0.4) is 0 Å². The average molecular weight is 441 g/mol. The molecule has 0 aliphatic carbocycles. The highest BCUT2D eigenvalue weighted by Crippen LogP contribution is 2.45. The van der Waals surface area contributed by atoms with Crippen molar-refractivity contribution < 1.29 is 23.8 Å². The van der Waals surface area contributed by atoms with Gasteiger partial charge in [0.2, 0.25) is 5.91 Å². The quantitative estimate of drug-likeness (QED) is 0.676. The van der Waals surface area contributed by atoms with Crippen molar-refractivity contribution >= 4 is 11.8 Å². The number of rotatable bonds is 8. The van der Waals surface area contributed by atoms with Gasteiger partial charge in [-0.15, -0.1) is 0 Å². The van der Waals surface area contributed by atoms with Crippen LogP contribution in [-0.4, -0.2) is 51.6 Å². The minimum atomic E-state index is -0.604. The number of carbonyl (C=O) groups excluding carboxylic acids is 2. The first kappa shape index (κ1) is 23.4. The van der Waals surface area contributed by atoms with E-state index < -0.39 is 12.0 Å². The Morgan fingerprint density at radius 3 is 2.22 bits per heavy atom. The van der Waals surface area contributed by atoms with E-state index in [9.17, 15) is 9.59 Å². The molecule has 0 spiro atoms. The van der Waals surface area contributed by atoms with Gasteiger partial charge in [0.05, 0.1) is 33.3 Å². The van der Waals surface area contributed by atoms with Gasteiger partial charge in [-0.1, -0.05) is 26.0 Å². The molecule has 1 aliphatic rings. The van der Waals surface area contributed by atoms with Crippen molar-refractivity contribution in [3.8, 4) is 17.2 Å². The molecule has 2 amide bonds. The highest BCUT2D eigenvalue weighted by atomic mass is 16.5. The molecular weight excluding hydrogens is 408 g/mol. The van der Waals surface area contributed by atoms with Gasteiger partial charge >= 0.3 is 0 Å². The van der Waals surface area contributed by atoms with E-state index in [0.717, 1.165) is 12.0 Å². The lowest BCUT2D eigenvalue weighted by molar-refractivity contribution is -0.124. The molecule has 1 N–H and O–H groups in total. The van der Waals surface area contributed by atoms with Gasteiger partial charge in [0.15, 0.2) is 11.5 Å². The zero-order chi connectivity index (χ0) is 23.4. The molecular formula is C25H32N2O5. The number of nitrogens with one attached hydrogen (secondary N) is 1. The van der Waals surface area contributed by atoms with Crippen LogP contribution < -0.4 is 19.5 Å². The van der Waals surface area contributed by atoms with E-state index in [1.54, 1.807) is 38.3 Å². The van der Waals surface area contributed by atoms with E-state index in [-0.39, 0.29) is 11.8 Å². The Hall–Kier alpha value is -3.22. The summed E-state index contributed by atoms with van der Waals surface area (Å²) in [6.07, 6.45) is 0.874. The molecule has 1 heterocycles. The molecule has 0 aromatic heterocycles. The lowest BCUT2D eigenvalue weighted by Gasteiger charge is -2.40. The maximum absolute atomic E-state index is 13.5. The van der Waals surface area contributed by atoms with Gasteiger partial charge in [0.25, 0.3) is 5.91 Å². The number of hydrogen-bond donors (Lipinski definition) is 1. The number of methoxy groups -OCH3 is 3. The Morgan fingerprint density at radius 2 is 1.66 bits per heavy atom. The van der Waals surface area contributed by atoms with Crippen LogP contribution in [0.15, 0.2) is 36.4 Å². The first-order valence-corrected chi connectivity index (χ1v) is 10.8. The highest BCUT2D eigenvalue weighted by molar-refractivity contribution is 6.02. The van der Waals surface area contributed by atoms with E-state index in [4.69, 9.17) is 14.2 Å². The molecule has 7 heteroatoms. The van der Waals surface area contributed by atoms with Crippen molar-refractivity contribution in [2.24, 2.45) is 5.92 Å². The molecule has 3 rings (SSSR count). The van der Waals surface area contributed by atoms with Gasteiger partial charge in [-0.25, -0.2) is 0 Å². The SMILES string of the molecule is COc1ccc([C@H]2[C@H](C(=O)NCCC(C)C)c3cc(OC)c(OC)cc3C(=O)N2C)cc1. The monoisotopic (exact) mass is 440 g/mol. The van der Waals surface area contributed by atoms with E-state index in [1.165, 1.54) is 7.11 Å². The van der Waals surface area contributed by atoms with Crippen molar-refractivity contribution in [3.05, 3.63) is 53.1 Å². The summed E-state index contributed by atoms with van der Waals surface area (Å²) in [6, 6.07) is 10.4. The van der Waals surface area contributed by atoms with Gasteiger partial charge in [-0.05, 0) is 47.7 Å². The molecule has 32 heavy (non-hydrogen) atoms. The van der Waals surface area contributed by atoms with Crippen LogP contribution in [0.25, 0.3) is 0 Å². The maximum atomic E-state index is 13.5. The average Bonchev–Trinajstić information content (AvgIpc) is 2.80. The topological polar surface area (TPSA) is 77.1 Å². The smallest absolute Gasteiger partial charge is 0.254 e. The third kappa shape index (κ3) is 4.52. The number of amides is 2. The second-order valence-electron chi connectivity index (χ2n) is 8.38. The Morgan fingerprint density at radius 1 is 1.03 bits per heavy atom. The predicted octanol–water partition coefficient (Wildman–Crippen LogP) is 3.79. The predicted molar refractivity (Wildman–Crippen MR) is 123 cm³/mol. The van der Waals surface area contributed by atoms with Crippen molar-refractivity contribution in [1.29, 1.82) is 0 Å². The molecule has 0 saturated heterocycles. The van der Waals surface area contributed by atoms with Crippen LogP contribution >= 0.6 is 0 Å². The molecule has 2 atom stereocenters. The van der Waals surface area contributed by atoms with Gasteiger partial charge in [0, 0.05) is 19.2 Å². The molecule has 1 aliphatic heterocycles. The van der Waals surface area contributed by atoms with Crippen LogP contribution in [0.5, 0.6) is 17.2 Å². The third-order valence-corrected chi connectivity index (χ3v) is 5.94. The summed E-state index contributed by atoms with van der Waals surface area (Å²) in [4.78, 5) is 28.5. The number of hydrogen-bond acceptors (Lipinski definition) is 5. The maximum Gasteiger partial charge on any atom is 0.254 e. The minimum Gasteiger partial charge on any atom is -0.497 e. The van der Waals surface area contributed by atoms with Crippen molar-refractivity contribution in [3.63, 3.8) is 0 Å². The van der Waals surface area contributed by atoms with Gasteiger partial charge in [-0.3, -0.25) is 9.59 Å². The first-order chi connectivity index (χ1) is 15.3. The molecule has 7 nitrogen and oxygen atoms in total. The molecule has 0 radical (unpaired) electrons. The number of likely N-dealkylation sites (N-methyl/N-ethyl adjacent to an activating group) is 1. The summed E-state index contributed by atoms with van der Waals surface area (Å²) in [5.74, 6) is 1.22. The fourth-order valence-corrected chi connectivity index (χ4v) is 4.14. The summed E-state index contributed by atoms with van der Waals surface area (Å²) in [7, 11) is 6.40. The lowest BCUT2D eigenvalue weighted by Crippen LogP contribution is -2.46. The number of fused-ring (bicyclic) bond motifs is 1. The van der Waals surface area contributed by atoms with Crippen LogP contribution in [-0.2, 0) is 4.79 Å². The molecule has 2 aromatic carbocycles. The fourth-order valence-electron chi connectivity index (χ4n) is 4.14. The first-order valence-electron chi connectivity index (χ1n) is 10.8. The summed E-state index contributed by atoms with van der Waals surface area (Å²) in [5.41, 5.74) is 1.93. The van der Waals surface area contributed by atoms with Gasteiger partial charge in [0.1, 0.15) is 5.75 Å². The summed E-state index contributed by atoms with van der Waals surface area (Å²) < 4.78 is 16.2.